The lowest BCUT2D eigenvalue weighted by Gasteiger charge is -2.26. The zero-order chi connectivity index (χ0) is 41.5. The predicted octanol–water partition coefficient (Wildman–Crippen LogP) is 7.54. The van der Waals surface area contributed by atoms with Crippen molar-refractivity contribution in [3.05, 3.63) is 145 Å². The number of aliphatic hydroxyl groups excluding tert-OH is 1. The van der Waals surface area contributed by atoms with Crippen LogP contribution in [0.3, 0.4) is 0 Å². The second-order valence-electron chi connectivity index (χ2n) is 15.3. The first-order chi connectivity index (χ1) is 29.8. The first kappa shape index (κ1) is 37.5. The molecule has 0 saturated carbocycles. The zero-order valence-corrected chi connectivity index (χ0v) is 33.7. The number of rotatable bonds is 9. The van der Waals surface area contributed by atoms with Gasteiger partial charge < -0.3 is 5.11 Å². The topological polar surface area (TPSA) is 180 Å². The molecule has 2 N–H and O–H groups in total. The minimum absolute atomic E-state index is 0.0414. The fourth-order valence-electron chi connectivity index (χ4n) is 7.66. The molecular weight excluding hydrogens is 765 g/mol. The molecule has 0 fully saturated rings. The Bertz CT molecular complexity index is 3360. The quantitative estimate of drug-likeness (QED) is 0.147. The number of hydrogen-bond acceptors (Lipinski definition) is 11. The number of aryl methyl sites for hydroxylation is 1. The van der Waals surface area contributed by atoms with Crippen molar-refractivity contribution in [1.82, 2.24) is 69.9 Å². The van der Waals surface area contributed by atoms with Crippen LogP contribution in [0, 0.1) is 0 Å². The van der Waals surface area contributed by atoms with Crippen LogP contribution in [-0.4, -0.2) is 81.6 Å². The Balaban J connectivity index is 0.000000146. The Morgan fingerprint density at radius 1 is 0.689 bits per heavy atom. The number of aliphatic hydroxyl groups is 1. The summed E-state index contributed by atoms with van der Waals surface area (Å²) in [6.07, 6.45) is 8.16. The Morgan fingerprint density at radius 2 is 1.39 bits per heavy atom. The van der Waals surface area contributed by atoms with Crippen molar-refractivity contribution >= 4 is 55.0 Å². The summed E-state index contributed by atoms with van der Waals surface area (Å²) in [7, 11) is 0. The van der Waals surface area contributed by atoms with Gasteiger partial charge in [-0.2, -0.15) is 10.2 Å². The molecule has 11 rings (SSSR count). The number of nitrogens with zero attached hydrogens (tertiary/aromatic N) is 13. The molecule has 61 heavy (non-hydrogen) atoms. The van der Waals surface area contributed by atoms with Crippen LogP contribution in [0.2, 0.25) is 0 Å². The van der Waals surface area contributed by atoms with Crippen LogP contribution >= 0.6 is 0 Å². The molecule has 11 aromatic rings. The van der Waals surface area contributed by atoms with E-state index in [1.54, 1.807) is 17.1 Å². The van der Waals surface area contributed by atoms with Gasteiger partial charge in [0.1, 0.15) is 11.0 Å². The van der Waals surface area contributed by atoms with Crippen LogP contribution in [0.1, 0.15) is 37.6 Å². The van der Waals surface area contributed by atoms with E-state index in [0.717, 1.165) is 95.1 Å². The number of aromatic amines is 1. The van der Waals surface area contributed by atoms with Gasteiger partial charge in [0.15, 0.2) is 11.3 Å². The molecule has 8 aromatic heterocycles. The van der Waals surface area contributed by atoms with E-state index in [1.807, 2.05) is 70.3 Å². The van der Waals surface area contributed by atoms with Crippen LogP contribution in [0.15, 0.2) is 128 Å². The van der Waals surface area contributed by atoms with Crippen LogP contribution < -0.4 is 0 Å². The number of pyridine rings is 4. The average Bonchev–Trinajstić information content (AvgIpc) is 4.12. The molecule has 15 nitrogen and oxygen atoms in total. The molecule has 0 atom stereocenters. The monoisotopic (exact) mass is 804 g/mol. The highest BCUT2D eigenvalue weighted by Gasteiger charge is 2.28. The molecule has 0 aliphatic heterocycles. The molecule has 8 heterocycles. The fourth-order valence-corrected chi connectivity index (χ4v) is 7.66. The molecule has 0 spiro atoms. The summed E-state index contributed by atoms with van der Waals surface area (Å²) in [5.41, 5.74) is 12.3. The van der Waals surface area contributed by atoms with Crippen LogP contribution in [0.4, 0.5) is 0 Å². The molecule has 0 bridgehead atoms. The molecule has 0 unspecified atom stereocenters. The van der Waals surface area contributed by atoms with Gasteiger partial charge >= 0.3 is 0 Å². The lowest BCUT2D eigenvalue weighted by molar-refractivity contribution is 0.269. The van der Waals surface area contributed by atoms with Gasteiger partial charge in [-0.1, -0.05) is 53.7 Å². The van der Waals surface area contributed by atoms with Gasteiger partial charge in [-0.25, -0.2) is 19.3 Å². The maximum atomic E-state index is 9.11. The largest absolute Gasteiger partial charge is 0.394 e. The molecule has 15 heteroatoms. The SMILES string of the molecule is CC(C)(c1ccc2ncccc2c1)n1nnc2ccc(-c3cnn(CCO)c3)nc21.CCc1[nH]nc2cc(-c3ccc4nnn(Cc5ccc6ncccc6c5)c4n3)ccc12. The summed E-state index contributed by atoms with van der Waals surface area (Å²) in [5, 5.41) is 41.7. The first-order valence-corrected chi connectivity index (χ1v) is 20.1. The predicted molar refractivity (Wildman–Crippen MR) is 234 cm³/mol. The average molecular weight is 805 g/mol. The highest BCUT2D eigenvalue weighted by atomic mass is 16.3. The third-order valence-electron chi connectivity index (χ3n) is 11.0. The summed E-state index contributed by atoms with van der Waals surface area (Å²) in [6.45, 7) is 7.41. The Hall–Kier alpha value is -7.78. The molecule has 0 saturated heterocycles. The minimum atomic E-state index is -0.467. The summed E-state index contributed by atoms with van der Waals surface area (Å²) in [6, 6.07) is 34.6. The van der Waals surface area contributed by atoms with Gasteiger partial charge in [-0.15, -0.1) is 10.2 Å². The van der Waals surface area contributed by atoms with Crippen LogP contribution in [-0.2, 0) is 25.0 Å². The van der Waals surface area contributed by atoms with Crippen molar-refractivity contribution in [2.75, 3.05) is 6.61 Å². The number of H-pyrrole nitrogens is 1. The highest BCUT2D eigenvalue weighted by Crippen LogP contribution is 2.31. The van der Waals surface area contributed by atoms with E-state index in [1.165, 1.54) is 0 Å². The first-order valence-electron chi connectivity index (χ1n) is 20.1. The number of aromatic nitrogens is 14. The molecule has 0 aliphatic rings. The maximum Gasteiger partial charge on any atom is 0.179 e. The van der Waals surface area contributed by atoms with Gasteiger partial charge in [-0.05, 0) is 98.1 Å². The highest BCUT2D eigenvalue weighted by molar-refractivity contribution is 5.87. The Kier molecular flexibility index (Phi) is 9.48. The van der Waals surface area contributed by atoms with E-state index in [-0.39, 0.29) is 6.61 Å². The van der Waals surface area contributed by atoms with E-state index >= 15 is 0 Å². The van der Waals surface area contributed by atoms with E-state index in [0.29, 0.717) is 18.7 Å². The molecule has 0 aliphatic carbocycles. The molecule has 300 valence electrons. The Labute approximate surface area is 348 Å². The van der Waals surface area contributed by atoms with Crippen molar-refractivity contribution < 1.29 is 5.11 Å². The lowest BCUT2D eigenvalue weighted by atomic mass is 9.93. The van der Waals surface area contributed by atoms with Gasteiger partial charge in [0, 0.05) is 51.6 Å². The summed E-state index contributed by atoms with van der Waals surface area (Å²) in [4.78, 5) is 18.5. The molecule has 3 aromatic carbocycles. The number of hydrogen-bond donors (Lipinski definition) is 2. The number of fused-ring (bicyclic) bond motifs is 5. The maximum absolute atomic E-state index is 9.11. The van der Waals surface area contributed by atoms with Crippen molar-refractivity contribution in [3.8, 4) is 22.5 Å². The molecule has 0 radical (unpaired) electrons. The van der Waals surface area contributed by atoms with Gasteiger partial charge in [0.05, 0.1) is 59.4 Å². The van der Waals surface area contributed by atoms with E-state index in [9.17, 15) is 0 Å². The van der Waals surface area contributed by atoms with Crippen molar-refractivity contribution in [1.29, 1.82) is 0 Å². The third-order valence-corrected chi connectivity index (χ3v) is 11.0. The second kappa shape index (κ2) is 15.4. The lowest BCUT2D eigenvalue weighted by Crippen LogP contribution is -2.29. The van der Waals surface area contributed by atoms with Crippen molar-refractivity contribution in [3.63, 3.8) is 0 Å². The normalized spacial score (nSPS) is 11.9. The van der Waals surface area contributed by atoms with Crippen molar-refractivity contribution in [2.45, 2.75) is 45.8 Å². The minimum Gasteiger partial charge on any atom is -0.394 e. The van der Waals surface area contributed by atoms with Gasteiger partial charge in [0.25, 0.3) is 0 Å². The number of nitrogens with one attached hydrogen (secondary N) is 1. The van der Waals surface area contributed by atoms with Gasteiger partial charge in [0.2, 0.25) is 0 Å². The second-order valence-corrected chi connectivity index (χ2v) is 15.3. The Morgan fingerprint density at radius 3 is 2.18 bits per heavy atom. The summed E-state index contributed by atoms with van der Waals surface area (Å²) < 4.78 is 5.41. The third kappa shape index (κ3) is 7.10. The van der Waals surface area contributed by atoms with E-state index in [2.05, 4.69) is 121 Å². The smallest absolute Gasteiger partial charge is 0.179 e. The van der Waals surface area contributed by atoms with Crippen LogP contribution in [0.5, 0.6) is 0 Å². The van der Waals surface area contributed by atoms with E-state index in [4.69, 9.17) is 15.1 Å². The van der Waals surface area contributed by atoms with Crippen molar-refractivity contribution in [2.24, 2.45) is 0 Å². The molecular formula is C46H40N14O. The van der Waals surface area contributed by atoms with Gasteiger partial charge in [-0.3, -0.25) is 19.7 Å². The summed E-state index contributed by atoms with van der Waals surface area (Å²) >= 11 is 0. The van der Waals surface area contributed by atoms with E-state index < -0.39 is 5.54 Å². The fraction of sp³-hybridized carbons (Fsp3) is 0.174. The summed E-state index contributed by atoms with van der Waals surface area (Å²) in [5.74, 6) is 0. The number of benzene rings is 3. The molecule has 0 amide bonds. The zero-order valence-electron chi connectivity index (χ0n) is 33.7. The van der Waals surface area contributed by atoms with Crippen LogP contribution in [0.25, 0.3) is 77.6 Å². The standard InChI is InChI=1S/C24H19N7.C22H21N7O/c1-2-19-18-7-6-17(13-23(18)28-27-19)21-9-10-22-24(26-21)31(30-29-22)14-15-5-8-20-16(12-15)4-3-11-25-20;1-22(2,17-5-6-18-15(12-17)4-3-9-23-18)29-21-20(26-27-29)8-7-19(25-21)16-13-24-28(14-16)10-11-30/h3-13H,2,14H2,1H3,(H,27,28);3-9,12-14,30H,10-11H2,1-2H3.